The molecule has 0 saturated carbocycles. The normalized spacial score (nSPS) is 10.6. The maximum atomic E-state index is 11.1. The summed E-state index contributed by atoms with van der Waals surface area (Å²) >= 11 is 5.84. The number of hydrogen-bond acceptors (Lipinski definition) is 2. The van der Waals surface area contributed by atoms with Gasteiger partial charge in [-0.1, -0.05) is 23.7 Å². The number of aromatic nitrogens is 1. The van der Waals surface area contributed by atoms with Crippen molar-refractivity contribution in [3.05, 3.63) is 52.8 Å². The summed E-state index contributed by atoms with van der Waals surface area (Å²) in [5.74, 6) is -1.01. The summed E-state index contributed by atoms with van der Waals surface area (Å²) in [4.78, 5) is 11.1. The van der Waals surface area contributed by atoms with Crippen LogP contribution in [0, 0.1) is 0 Å². The molecule has 5 heteroatoms. The minimum atomic E-state index is -1.01. The van der Waals surface area contributed by atoms with Crippen molar-refractivity contribution in [2.75, 3.05) is 7.11 Å². The van der Waals surface area contributed by atoms with Gasteiger partial charge in [-0.3, -0.25) is 0 Å². The van der Waals surface area contributed by atoms with Crippen LogP contribution in [0.5, 0.6) is 0 Å². The molecule has 0 radical (unpaired) electrons. The highest BCUT2D eigenvalue weighted by Crippen LogP contribution is 2.20. The number of halogens is 1. The third kappa shape index (κ3) is 2.55. The summed E-state index contributed by atoms with van der Waals surface area (Å²) in [5.41, 5.74) is 1.91. The molecule has 0 atom stereocenters. The van der Waals surface area contributed by atoms with Gasteiger partial charge < -0.3 is 14.4 Å². The topological polar surface area (TPSA) is 51.5 Å². The van der Waals surface area contributed by atoms with E-state index in [1.54, 1.807) is 17.9 Å². The minimum absolute atomic E-state index is 0.138. The zero-order chi connectivity index (χ0) is 13.1. The number of methoxy groups -OCH3 is 1. The third-order valence-electron chi connectivity index (χ3n) is 2.53. The summed E-state index contributed by atoms with van der Waals surface area (Å²) in [5, 5.41) is 9.48. The number of rotatable bonds is 4. The van der Waals surface area contributed by atoms with E-state index in [1.165, 1.54) is 6.07 Å². The van der Waals surface area contributed by atoms with E-state index in [0.29, 0.717) is 11.6 Å². The van der Waals surface area contributed by atoms with Crippen molar-refractivity contribution < 1.29 is 14.6 Å². The van der Waals surface area contributed by atoms with Gasteiger partial charge in [0.1, 0.15) is 5.69 Å². The van der Waals surface area contributed by atoms with Crippen LogP contribution in [0.3, 0.4) is 0 Å². The van der Waals surface area contributed by atoms with Crippen molar-refractivity contribution in [3.63, 3.8) is 0 Å². The van der Waals surface area contributed by atoms with E-state index in [2.05, 4.69) is 0 Å². The van der Waals surface area contributed by atoms with Crippen LogP contribution >= 0.6 is 11.6 Å². The Morgan fingerprint density at radius 3 is 2.61 bits per heavy atom. The predicted octanol–water partition coefficient (Wildman–Crippen LogP) is 2.98. The first-order valence-electron chi connectivity index (χ1n) is 5.31. The fourth-order valence-corrected chi connectivity index (χ4v) is 1.93. The fraction of sp³-hybridized carbons (Fsp3) is 0.154. The molecule has 2 aromatic rings. The van der Waals surface area contributed by atoms with E-state index in [-0.39, 0.29) is 5.69 Å². The molecule has 0 aliphatic heterocycles. The molecule has 0 aliphatic rings. The Kier molecular flexibility index (Phi) is 3.69. The van der Waals surface area contributed by atoms with E-state index < -0.39 is 5.97 Å². The quantitative estimate of drug-likeness (QED) is 0.925. The lowest BCUT2D eigenvalue weighted by molar-refractivity contribution is 0.0688. The molecule has 1 aromatic heterocycles. The van der Waals surface area contributed by atoms with Crippen LogP contribution in [0.2, 0.25) is 5.02 Å². The zero-order valence-electron chi connectivity index (χ0n) is 9.76. The number of nitrogens with zero attached hydrogens (tertiary/aromatic N) is 1. The molecule has 0 unspecified atom stereocenters. The van der Waals surface area contributed by atoms with Crippen molar-refractivity contribution in [1.29, 1.82) is 0 Å². The van der Waals surface area contributed by atoms with Crippen LogP contribution in [-0.4, -0.2) is 22.8 Å². The molecule has 4 nitrogen and oxygen atoms in total. The second kappa shape index (κ2) is 5.25. The summed E-state index contributed by atoms with van der Waals surface area (Å²) < 4.78 is 6.56. The van der Waals surface area contributed by atoms with Gasteiger partial charge in [-0.15, -0.1) is 0 Å². The number of carboxylic acid groups (broad SMARTS) is 1. The Balaban J connectivity index is 2.39. The molecule has 0 aliphatic carbocycles. The molecule has 0 fully saturated rings. The molecule has 1 aromatic carbocycles. The van der Waals surface area contributed by atoms with Gasteiger partial charge in [0.15, 0.2) is 0 Å². The Morgan fingerprint density at radius 1 is 1.39 bits per heavy atom. The van der Waals surface area contributed by atoms with Gasteiger partial charge in [0.2, 0.25) is 0 Å². The van der Waals surface area contributed by atoms with Gasteiger partial charge in [-0.25, -0.2) is 4.79 Å². The monoisotopic (exact) mass is 265 g/mol. The summed E-state index contributed by atoms with van der Waals surface area (Å²) in [6.45, 7) is 0.526. The standard InChI is InChI=1S/C13H12ClNO3/c1-18-8-9-2-4-11(5-3-9)15-7-10(14)6-12(15)13(16)17/h2-7H,8H2,1H3,(H,16,17). The summed E-state index contributed by atoms with van der Waals surface area (Å²) in [7, 11) is 1.63. The van der Waals surface area contributed by atoms with Crippen LogP contribution in [0.15, 0.2) is 36.5 Å². The minimum Gasteiger partial charge on any atom is -0.477 e. The number of carboxylic acids is 1. The van der Waals surface area contributed by atoms with Crippen LogP contribution in [0.4, 0.5) is 0 Å². The van der Waals surface area contributed by atoms with Crippen LogP contribution in [0.1, 0.15) is 16.1 Å². The molecule has 0 saturated heterocycles. The SMILES string of the molecule is COCc1ccc(-n2cc(Cl)cc2C(=O)O)cc1. The predicted molar refractivity (Wildman–Crippen MR) is 68.5 cm³/mol. The van der Waals surface area contributed by atoms with Gasteiger partial charge in [0, 0.05) is 19.0 Å². The maximum absolute atomic E-state index is 11.1. The first-order chi connectivity index (χ1) is 8.61. The summed E-state index contributed by atoms with van der Waals surface area (Å²) in [6.07, 6.45) is 1.58. The van der Waals surface area contributed by atoms with Gasteiger partial charge in [-0.05, 0) is 23.8 Å². The Bertz CT molecular complexity index is 560. The lowest BCUT2D eigenvalue weighted by atomic mass is 10.2. The molecular weight excluding hydrogens is 254 g/mol. The summed E-state index contributed by atoms with van der Waals surface area (Å²) in [6, 6.07) is 8.86. The van der Waals surface area contributed by atoms with Gasteiger partial charge >= 0.3 is 5.97 Å². The molecule has 0 spiro atoms. The fourth-order valence-electron chi connectivity index (χ4n) is 1.73. The zero-order valence-corrected chi connectivity index (χ0v) is 10.5. The number of carbonyl (C=O) groups is 1. The average molecular weight is 266 g/mol. The smallest absolute Gasteiger partial charge is 0.352 e. The molecule has 0 amide bonds. The highest BCUT2D eigenvalue weighted by Gasteiger charge is 2.12. The highest BCUT2D eigenvalue weighted by atomic mass is 35.5. The van der Waals surface area contributed by atoms with Crippen molar-refractivity contribution >= 4 is 17.6 Å². The molecule has 2 rings (SSSR count). The molecule has 0 bridgehead atoms. The molecule has 1 heterocycles. The van der Waals surface area contributed by atoms with E-state index in [1.807, 2.05) is 24.3 Å². The maximum Gasteiger partial charge on any atom is 0.352 e. The molecule has 1 N–H and O–H groups in total. The van der Waals surface area contributed by atoms with E-state index in [0.717, 1.165) is 11.3 Å². The lowest BCUT2D eigenvalue weighted by Crippen LogP contribution is -2.05. The van der Waals surface area contributed by atoms with Crippen molar-refractivity contribution in [3.8, 4) is 5.69 Å². The Morgan fingerprint density at radius 2 is 2.06 bits per heavy atom. The number of hydrogen-bond donors (Lipinski definition) is 1. The van der Waals surface area contributed by atoms with Crippen molar-refractivity contribution in [2.45, 2.75) is 6.61 Å². The van der Waals surface area contributed by atoms with E-state index in [4.69, 9.17) is 21.4 Å². The van der Waals surface area contributed by atoms with Crippen LogP contribution in [-0.2, 0) is 11.3 Å². The average Bonchev–Trinajstić information content (AvgIpc) is 2.73. The van der Waals surface area contributed by atoms with Gasteiger partial charge in [0.25, 0.3) is 0 Å². The van der Waals surface area contributed by atoms with Crippen molar-refractivity contribution in [2.24, 2.45) is 0 Å². The second-order valence-corrected chi connectivity index (χ2v) is 4.25. The van der Waals surface area contributed by atoms with E-state index in [9.17, 15) is 4.79 Å². The molecule has 18 heavy (non-hydrogen) atoms. The first kappa shape index (κ1) is 12.7. The first-order valence-corrected chi connectivity index (χ1v) is 5.69. The third-order valence-corrected chi connectivity index (χ3v) is 2.74. The number of aromatic carboxylic acids is 1. The Labute approximate surface area is 109 Å². The molecule has 94 valence electrons. The lowest BCUT2D eigenvalue weighted by Gasteiger charge is -2.07. The largest absolute Gasteiger partial charge is 0.477 e. The van der Waals surface area contributed by atoms with Crippen LogP contribution in [0.25, 0.3) is 5.69 Å². The van der Waals surface area contributed by atoms with Crippen molar-refractivity contribution in [1.82, 2.24) is 4.57 Å². The number of benzene rings is 1. The van der Waals surface area contributed by atoms with Gasteiger partial charge in [-0.2, -0.15) is 0 Å². The second-order valence-electron chi connectivity index (χ2n) is 3.82. The number of ether oxygens (including phenoxy) is 1. The van der Waals surface area contributed by atoms with Gasteiger partial charge in [0.05, 0.1) is 11.6 Å². The Hall–Kier alpha value is -1.78. The molecular formula is C13H12ClNO3. The van der Waals surface area contributed by atoms with E-state index >= 15 is 0 Å². The highest BCUT2D eigenvalue weighted by molar-refractivity contribution is 6.31. The van der Waals surface area contributed by atoms with Crippen LogP contribution < -0.4 is 0 Å².